The molecule has 5 rings (SSSR count). The predicted molar refractivity (Wildman–Crippen MR) is 172 cm³/mol. The first-order valence-corrected chi connectivity index (χ1v) is 14.9. The van der Waals surface area contributed by atoms with Crippen LogP contribution in [-0.4, -0.2) is 33.0 Å². The lowest BCUT2D eigenvalue weighted by Crippen LogP contribution is -2.32. The Bertz CT molecular complexity index is 1900. The molecule has 1 unspecified atom stereocenters. The number of amides is 1. The quantitative estimate of drug-likeness (QED) is 0.168. The average Bonchev–Trinajstić information content (AvgIpc) is 3.53. The molecule has 0 aliphatic heterocycles. The van der Waals surface area contributed by atoms with E-state index in [2.05, 4.69) is 10.3 Å². The number of aromatic nitrogens is 2. The molecule has 7 nitrogen and oxygen atoms in total. The number of hydrogen-bond donors (Lipinski definition) is 2. The molecule has 0 fully saturated rings. The molecule has 0 saturated heterocycles. The van der Waals surface area contributed by atoms with Gasteiger partial charge in [0.15, 0.2) is 6.10 Å². The molecular formula is C36H36F3N3O4. The van der Waals surface area contributed by atoms with Gasteiger partial charge < -0.3 is 19.8 Å². The van der Waals surface area contributed by atoms with E-state index in [4.69, 9.17) is 9.47 Å². The Hall–Kier alpha value is -4.99. The minimum absolute atomic E-state index is 0.0576. The van der Waals surface area contributed by atoms with E-state index in [1.165, 1.54) is 4.40 Å². The van der Waals surface area contributed by atoms with Crippen molar-refractivity contribution in [2.45, 2.75) is 65.8 Å². The predicted octanol–water partition coefficient (Wildman–Crippen LogP) is 8.99. The molecule has 0 radical (unpaired) electrons. The number of halogens is 3. The van der Waals surface area contributed by atoms with Crippen LogP contribution < -0.4 is 10.1 Å². The minimum atomic E-state index is -4.83. The van der Waals surface area contributed by atoms with Crippen LogP contribution >= 0.6 is 0 Å². The number of nitrogens with zero attached hydrogens (tertiary/aromatic N) is 1. The smallest absolute Gasteiger partial charge is 0.418 e. The molecule has 0 saturated carbocycles. The largest absolute Gasteiger partial charge is 0.480 e. The summed E-state index contributed by atoms with van der Waals surface area (Å²) < 4.78 is 55.8. The molecule has 0 bridgehead atoms. The minimum Gasteiger partial charge on any atom is -0.480 e. The van der Waals surface area contributed by atoms with Gasteiger partial charge in [-0.25, -0.2) is 4.79 Å². The second kappa shape index (κ2) is 12.4. The second-order valence-electron chi connectivity index (χ2n) is 12.2. The Balaban J connectivity index is 1.59. The normalized spacial score (nSPS) is 12.6. The van der Waals surface area contributed by atoms with Gasteiger partial charge in [-0.2, -0.15) is 13.2 Å². The lowest BCUT2D eigenvalue weighted by Gasteiger charge is -2.20. The fourth-order valence-electron chi connectivity index (χ4n) is 5.33. The molecule has 0 spiro atoms. The molecule has 1 amide bonds. The van der Waals surface area contributed by atoms with E-state index in [1.54, 1.807) is 45.0 Å². The Kier molecular flexibility index (Phi) is 8.75. The van der Waals surface area contributed by atoms with Crippen molar-refractivity contribution in [3.8, 4) is 28.3 Å². The average molecular weight is 632 g/mol. The third-order valence-corrected chi connectivity index (χ3v) is 7.36. The number of ether oxygens (including phenoxy) is 2. The summed E-state index contributed by atoms with van der Waals surface area (Å²) in [7, 11) is 0. The van der Waals surface area contributed by atoms with E-state index in [9.17, 15) is 22.8 Å². The molecule has 2 N–H and O–H groups in total. The molecule has 1 atom stereocenters. The van der Waals surface area contributed by atoms with Crippen LogP contribution in [0.15, 0.2) is 79.0 Å². The molecule has 0 aliphatic rings. The highest BCUT2D eigenvalue weighted by atomic mass is 19.4. The van der Waals surface area contributed by atoms with Crippen molar-refractivity contribution in [2.24, 2.45) is 0 Å². The highest BCUT2D eigenvalue weighted by Gasteiger charge is 2.41. The van der Waals surface area contributed by atoms with E-state index in [0.29, 0.717) is 40.4 Å². The molecule has 5 aromatic rings. The molecule has 10 heteroatoms. The van der Waals surface area contributed by atoms with Gasteiger partial charge in [0.2, 0.25) is 0 Å². The first-order chi connectivity index (χ1) is 21.7. The van der Waals surface area contributed by atoms with E-state index in [0.717, 1.165) is 17.3 Å². The topological polar surface area (TPSA) is 84.8 Å². The van der Waals surface area contributed by atoms with Gasteiger partial charge in [0.1, 0.15) is 22.6 Å². The van der Waals surface area contributed by atoms with Crippen LogP contribution in [0.4, 0.5) is 18.9 Å². The van der Waals surface area contributed by atoms with Crippen LogP contribution in [0.25, 0.3) is 28.2 Å². The maximum Gasteiger partial charge on any atom is 0.418 e. The lowest BCUT2D eigenvalue weighted by atomic mass is 10.0. The third kappa shape index (κ3) is 6.80. The van der Waals surface area contributed by atoms with E-state index in [1.807, 2.05) is 69.3 Å². The summed E-state index contributed by atoms with van der Waals surface area (Å²) in [4.78, 5) is 29.7. The van der Waals surface area contributed by atoms with Crippen molar-refractivity contribution in [1.82, 2.24) is 9.38 Å². The van der Waals surface area contributed by atoms with Crippen molar-refractivity contribution in [1.29, 1.82) is 0 Å². The van der Waals surface area contributed by atoms with Crippen molar-refractivity contribution < 1.29 is 32.2 Å². The molecule has 2 heterocycles. The highest BCUT2D eigenvalue weighted by molar-refractivity contribution is 6.01. The fraction of sp³-hybridized carbons (Fsp3) is 0.278. The zero-order chi connectivity index (χ0) is 33.4. The maximum atomic E-state index is 14.3. The summed E-state index contributed by atoms with van der Waals surface area (Å²) in [6.07, 6.45) is -4.29. The van der Waals surface area contributed by atoms with Gasteiger partial charge in [-0.3, -0.25) is 9.20 Å². The van der Waals surface area contributed by atoms with Crippen LogP contribution in [-0.2, 0) is 15.7 Å². The number of anilines is 1. The Morgan fingerprint density at radius 1 is 0.935 bits per heavy atom. The van der Waals surface area contributed by atoms with E-state index >= 15 is 0 Å². The Morgan fingerprint density at radius 2 is 1.63 bits per heavy atom. The molecule has 3 aromatic carbocycles. The molecule has 2 aromatic heterocycles. The van der Waals surface area contributed by atoms with Gasteiger partial charge in [0, 0.05) is 23.0 Å². The van der Waals surface area contributed by atoms with Crippen LogP contribution in [0.5, 0.6) is 5.75 Å². The SMILES string of the molecule is CCC(Oc1ccc(C)cc1C)C(=O)Nc1cccc(-c2c(-c3ccccc3)[nH]c3c(C(=O)OC(C)(C)C)c(C(F)(F)F)cn23)c1. The van der Waals surface area contributed by atoms with Crippen LogP contribution in [0.1, 0.15) is 61.2 Å². The monoisotopic (exact) mass is 631 g/mol. The summed E-state index contributed by atoms with van der Waals surface area (Å²) in [6.45, 7) is 10.5. The molecule has 46 heavy (non-hydrogen) atoms. The lowest BCUT2D eigenvalue weighted by molar-refractivity contribution is -0.138. The Morgan fingerprint density at radius 3 is 2.26 bits per heavy atom. The number of carbonyl (C=O) groups is 2. The zero-order valence-corrected chi connectivity index (χ0v) is 26.5. The number of imidazole rings is 1. The van der Waals surface area contributed by atoms with Crippen LogP contribution in [0.3, 0.4) is 0 Å². The summed E-state index contributed by atoms with van der Waals surface area (Å²) in [5.41, 5.74) is 1.67. The summed E-state index contributed by atoms with van der Waals surface area (Å²) in [5.74, 6) is -0.850. The van der Waals surface area contributed by atoms with E-state index < -0.39 is 35.0 Å². The van der Waals surface area contributed by atoms with Crippen LogP contribution in [0.2, 0.25) is 0 Å². The molecular weight excluding hydrogens is 595 g/mol. The Labute approximate surface area is 265 Å². The number of nitrogens with one attached hydrogen (secondary N) is 2. The number of benzene rings is 3. The highest BCUT2D eigenvalue weighted by Crippen LogP contribution is 2.41. The van der Waals surface area contributed by atoms with Crippen molar-refractivity contribution in [3.63, 3.8) is 0 Å². The second-order valence-corrected chi connectivity index (χ2v) is 12.2. The number of H-pyrrole nitrogens is 1. The first-order valence-electron chi connectivity index (χ1n) is 14.9. The zero-order valence-electron chi connectivity index (χ0n) is 26.5. The number of alkyl halides is 3. The number of rotatable bonds is 8. The summed E-state index contributed by atoms with van der Waals surface area (Å²) >= 11 is 0. The van der Waals surface area contributed by atoms with E-state index in [-0.39, 0.29) is 11.6 Å². The summed E-state index contributed by atoms with van der Waals surface area (Å²) in [5, 5.41) is 2.90. The van der Waals surface area contributed by atoms with Gasteiger partial charge in [-0.05, 0) is 64.8 Å². The number of fused-ring (bicyclic) bond motifs is 1. The fourth-order valence-corrected chi connectivity index (χ4v) is 5.33. The number of aromatic amines is 1. The molecule has 0 aliphatic carbocycles. The maximum absolute atomic E-state index is 14.3. The number of hydrogen-bond acceptors (Lipinski definition) is 4. The number of esters is 1. The van der Waals surface area contributed by atoms with Gasteiger partial charge in [0.05, 0.1) is 17.0 Å². The van der Waals surface area contributed by atoms with Gasteiger partial charge in [0.25, 0.3) is 5.91 Å². The third-order valence-electron chi connectivity index (χ3n) is 7.36. The van der Waals surface area contributed by atoms with Gasteiger partial charge in [-0.15, -0.1) is 0 Å². The number of carbonyl (C=O) groups excluding carboxylic acids is 2. The number of aryl methyl sites for hydroxylation is 2. The van der Waals surface area contributed by atoms with Crippen LogP contribution in [0, 0.1) is 13.8 Å². The summed E-state index contributed by atoms with van der Waals surface area (Å²) in [6, 6.07) is 21.6. The molecule has 240 valence electrons. The van der Waals surface area contributed by atoms with Crippen molar-refractivity contribution in [2.75, 3.05) is 5.32 Å². The van der Waals surface area contributed by atoms with Gasteiger partial charge >= 0.3 is 12.1 Å². The first kappa shape index (κ1) is 32.4. The van der Waals surface area contributed by atoms with Gasteiger partial charge in [-0.1, -0.05) is 67.1 Å². The standard InChI is InChI=1S/C36H36F3N3O4/c1-7-27(45-28-17-16-21(2)18-22(28)3)33(43)40-25-15-11-14-24(19-25)31-30(23-12-9-8-10-13-23)41-32-29(34(44)46-35(4,5)6)26(20-42(31)32)36(37,38)39/h8-20,27,41H,7H2,1-6H3,(H,40,43). The van der Waals surface area contributed by atoms with Crippen molar-refractivity contribution in [3.05, 3.63) is 101 Å². The van der Waals surface area contributed by atoms with Crippen molar-refractivity contribution >= 4 is 23.2 Å².